The van der Waals surface area contributed by atoms with Crippen molar-refractivity contribution in [1.29, 1.82) is 0 Å². The maximum Gasteiger partial charge on any atom is 0.327 e. The first kappa shape index (κ1) is 12.7. The Hall–Kier alpha value is -2.31. The molecule has 102 valence electrons. The smallest absolute Gasteiger partial charge is 0.327 e. The van der Waals surface area contributed by atoms with Crippen molar-refractivity contribution in [1.82, 2.24) is 19.9 Å². The van der Waals surface area contributed by atoms with Crippen LogP contribution in [0.4, 0.5) is 0 Å². The number of hydrogen-bond donors (Lipinski definition) is 2. The van der Waals surface area contributed by atoms with Gasteiger partial charge in [-0.3, -0.25) is 14.3 Å². The minimum absolute atomic E-state index is 0.0504. The molecule has 0 aliphatic carbocycles. The van der Waals surface area contributed by atoms with E-state index in [9.17, 15) is 9.59 Å². The number of carbonyl (C=O) groups excluding carboxylic acids is 1. The summed E-state index contributed by atoms with van der Waals surface area (Å²) in [4.78, 5) is 30.7. The van der Waals surface area contributed by atoms with Crippen molar-refractivity contribution in [2.24, 2.45) is 0 Å². The van der Waals surface area contributed by atoms with Crippen molar-refractivity contribution < 1.29 is 4.79 Å². The maximum atomic E-state index is 12.2. The summed E-state index contributed by atoms with van der Waals surface area (Å²) >= 11 is 0. The van der Waals surface area contributed by atoms with Gasteiger partial charge in [0.2, 0.25) is 5.91 Å². The van der Waals surface area contributed by atoms with Crippen LogP contribution in [-0.4, -0.2) is 28.3 Å². The van der Waals surface area contributed by atoms with Crippen LogP contribution in [0.25, 0.3) is 11.0 Å². The molecule has 1 amide bonds. The van der Waals surface area contributed by atoms with Gasteiger partial charge in [0.25, 0.3) is 0 Å². The summed E-state index contributed by atoms with van der Waals surface area (Å²) in [6.07, 6.45) is 3.49. The fourth-order valence-electron chi connectivity index (χ4n) is 2.62. The van der Waals surface area contributed by atoms with Gasteiger partial charge >= 0.3 is 5.69 Å². The van der Waals surface area contributed by atoms with Gasteiger partial charge in [-0.1, -0.05) is 6.58 Å². The van der Waals surface area contributed by atoms with Crippen molar-refractivity contribution in [2.75, 3.05) is 0 Å². The van der Waals surface area contributed by atoms with Gasteiger partial charge in [0.15, 0.2) is 0 Å². The zero-order valence-electron chi connectivity index (χ0n) is 11.3. The second kappa shape index (κ2) is 4.66. The van der Waals surface area contributed by atoms with Crippen LogP contribution >= 0.6 is 0 Å². The number of aromatic amines is 1. The van der Waals surface area contributed by atoms with E-state index >= 15 is 0 Å². The third-order valence-electron chi connectivity index (χ3n) is 3.68. The van der Waals surface area contributed by atoms with Gasteiger partial charge in [0.05, 0.1) is 23.3 Å². The number of rotatable bonds is 2. The number of fused-ring (bicyclic) bond motifs is 1. The predicted octanol–water partition coefficient (Wildman–Crippen LogP) is -0.178. The highest BCUT2D eigenvalue weighted by atomic mass is 16.2. The van der Waals surface area contributed by atoms with Gasteiger partial charge in [-0.25, -0.2) is 4.79 Å². The van der Waals surface area contributed by atoms with Crippen molar-refractivity contribution >= 4 is 24.8 Å². The molecule has 20 heavy (non-hydrogen) atoms. The Bertz CT molecular complexity index is 761. The highest BCUT2D eigenvalue weighted by molar-refractivity contribution is 6.08. The molecule has 1 aliphatic rings. The molecule has 1 fully saturated rings. The Kier molecular flexibility index (Phi) is 2.96. The number of allylic oxidation sites excluding steroid dienone is 1. The number of imidazole rings is 1. The highest BCUT2D eigenvalue weighted by Gasteiger charge is 2.26. The van der Waals surface area contributed by atoms with E-state index in [0.717, 1.165) is 23.0 Å². The fourth-order valence-corrected chi connectivity index (χ4v) is 2.62. The van der Waals surface area contributed by atoms with Gasteiger partial charge in [-0.15, -0.1) is 0 Å². The van der Waals surface area contributed by atoms with E-state index in [4.69, 9.17) is 0 Å². The van der Waals surface area contributed by atoms with E-state index in [1.807, 2.05) is 13.9 Å². The van der Waals surface area contributed by atoms with Crippen molar-refractivity contribution in [3.8, 4) is 0 Å². The largest absolute Gasteiger partial charge is 0.328 e. The summed E-state index contributed by atoms with van der Waals surface area (Å²) in [5.41, 5.74) is 2.81. The molecule has 2 N–H and O–H groups in total. The number of hydrogen-bond acceptors (Lipinski definition) is 3. The Morgan fingerprint density at radius 2 is 2.30 bits per heavy atom. The predicted molar refractivity (Wildman–Crippen MR) is 78.2 cm³/mol. The van der Waals surface area contributed by atoms with Crippen LogP contribution in [0.2, 0.25) is 0 Å². The van der Waals surface area contributed by atoms with Crippen LogP contribution in [0.1, 0.15) is 24.6 Å². The normalized spacial score (nSPS) is 19.3. The summed E-state index contributed by atoms with van der Waals surface area (Å²) in [6.45, 7) is 3.86. The molecule has 0 saturated carbocycles. The molecule has 0 spiro atoms. The number of amides is 1. The average Bonchev–Trinajstić information content (AvgIpc) is 2.74. The number of pyridine rings is 1. The average molecular weight is 270 g/mol. The number of H-pyrrole nitrogens is 1. The van der Waals surface area contributed by atoms with E-state index < -0.39 is 0 Å². The summed E-state index contributed by atoms with van der Waals surface area (Å²) in [5, 5.41) is 2.70. The van der Waals surface area contributed by atoms with Crippen molar-refractivity contribution in [3.05, 3.63) is 40.7 Å². The molecule has 0 bridgehead atoms. The molecule has 6 nitrogen and oxygen atoms in total. The molecular formula is C13H15BN4O2. The van der Waals surface area contributed by atoms with Gasteiger partial charge in [-0.2, -0.15) is 0 Å². The third kappa shape index (κ3) is 1.95. The highest BCUT2D eigenvalue weighted by Crippen LogP contribution is 2.26. The molecular weight excluding hydrogens is 255 g/mol. The molecule has 3 heterocycles. The number of nitrogens with one attached hydrogen (secondary N) is 2. The summed E-state index contributed by atoms with van der Waals surface area (Å²) < 4.78 is 1.63. The maximum absolute atomic E-state index is 12.2. The number of aromatic nitrogens is 3. The SMILES string of the molecule is BCc1cc2[nH]c(=O)n(C3CCC(=O)NC3=C)c2cn1. The molecule has 1 aliphatic heterocycles. The van der Waals surface area contributed by atoms with Crippen molar-refractivity contribution in [3.63, 3.8) is 0 Å². The molecule has 0 radical (unpaired) electrons. The van der Waals surface area contributed by atoms with E-state index in [2.05, 4.69) is 21.9 Å². The first-order valence-electron chi connectivity index (χ1n) is 6.68. The number of carbonyl (C=O) groups is 1. The molecule has 7 heteroatoms. The molecule has 3 rings (SSSR count). The zero-order valence-corrected chi connectivity index (χ0v) is 11.3. The minimum atomic E-state index is -0.219. The van der Waals surface area contributed by atoms with Crippen LogP contribution < -0.4 is 11.0 Å². The molecule has 1 saturated heterocycles. The second-order valence-electron chi connectivity index (χ2n) is 4.97. The first-order valence-corrected chi connectivity index (χ1v) is 6.68. The standard InChI is InChI=1S/C13H15BN4O2/c1-7-10(2-3-12(19)16-7)18-11-6-15-8(5-14)4-9(11)17-13(18)20/h4,6,10H,1-3,5,14H2,(H,16,19)(H,17,20). The molecule has 1 atom stereocenters. The van der Waals surface area contributed by atoms with Gasteiger partial charge < -0.3 is 10.3 Å². The van der Waals surface area contributed by atoms with Gasteiger partial charge in [0, 0.05) is 17.8 Å². The lowest BCUT2D eigenvalue weighted by atomic mass is 10.0. The zero-order chi connectivity index (χ0) is 14.3. The topological polar surface area (TPSA) is 79.8 Å². The number of piperidine rings is 1. The van der Waals surface area contributed by atoms with Crippen LogP contribution in [0.15, 0.2) is 29.3 Å². The Balaban J connectivity index is 2.12. The molecule has 2 aromatic rings. The van der Waals surface area contributed by atoms with Crippen LogP contribution in [0.3, 0.4) is 0 Å². The van der Waals surface area contributed by atoms with Crippen LogP contribution in [0.5, 0.6) is 0 Å². The molecule has 0 aromatic carbocycles. The van der Waals surface area contributed by atoms with E-state index in [-0.39, 0.29) is 17.6 Å². The molecule has 2 aromatic heterocycles. The fraction of sp³-hybridized carbons (Fsp3) is 0.308. The number of nitrogens with zero attached hydrogens (tertiary/aromatic N) is 2. The summed E-state index contributed by atoms with van der Waals surface area (Å²) in [5.74, 6) is -0.0504. The third-order valence-corrected chi connectivity index (χ3v) is 3.68. The van der Waals surface area contributed by atoms with E-state index in [1.165, 1.54) is 0 Å². The van der Waals surface area contributed by atoms with Gasteiger partial charge in [0.1, 0.15) is 7.85 Å². The lowest BCUT2D eigenvalue weighted by Gasteiger charge is -2.25. The van der Waals surface area contributed by atoms with E-state index in [1.54, 1.807) is 10.8 Å². The van der Waals surface area contributed by atoms with Crippen molar-refractivity contribution in [2.45, 2.75) is 25.2 Å². The molecule has 1 unspecified atom stereocenters. The monoisotopic (exact) mass is 270 g/mol. The second-order valence-corrected chi connectivity index (χ2v) is 4.97. The lowest BCUT2D eigenvalue weighted by molar-refractivity contribution is -0.121. The summed E-state index contributed by atoms with van der Waals surface area (Å²) in [6, 6.07) is 1.67. The quantitative estimate of drug-likeness (QED) is 0.743. The van der Waals surface area contributed by atoms with Gasteiger partial charge in [-0.05, 0) is 18.8 Å². The first-order chi connectivity index (χ1) is 9.60. The Morgan fingerprint density at radius 1 is 1.50 bits per heavy atom. The Labute approximate surface area is 116 Å². The van der Waals surface area contributed by atoms with E-state index in [0.29, 0.717) is 18.5 Å². The minimum Gasteiger partial charge on any atom is -0.328 e. The Morgan fingerprint density at radius 3 is 3.00 bits per heavy atom. The lowest BCUT2D eigenvalue weighted by Crippen LogP contribution is -2.36. The van der Waals surface area contributed by atoms with Crippen LogP contribution in [-0.2, 0) is 11.1 Å². The van der Waals surface area contributed by atoms with Crippen LogP contribution in [0, 0.1) is 0 Å². The summed E-state index contributed by atoms with van der Waals surface area (Å²) in [7, 11) is 2.02.